The fourth-order valence-electron chi connectivity index (χ4n) is 4.72. The molecule has 13 nitrogen and oxygen atoms in total. The molecule has 4 rings (SSSR count). The largest absolute Gasteiger partial charge is 0.548 e. The molecule has 0 unspecified atom stereocenters. The number of hydrogen-bond donors (Lipinski definition) is 2. The van der Waals surface area contributed by atoms with Crippen LogP contribution in [0, 0.1) is 5.92 Å². The van der Waals surface area contributed by atoms with Gasteiger partial charge in [0.1, 0.15) is 4.21 Å². The maximum atomic E-state index is 12.8. The van der Waals surface area contributed by atoms with Crippen molar-refractivity contribution >= 4 is 51.0 Å². The minimum atomic E-state index is -3.90. The molecule has 1 aromatic rings. The van der Waals surface area contributed by atoms with Crippen LogP contribution in [0.25, 0.3) is 0 Å². The first-order valence-corrected chi connectivity index (χ1v) is 14.2. The lowest BCUT2D eigenvalue weighted by Crippen LogP contribution is -2.48. The van der Waals surface area contributed by atoms with Gasteiger partial charge in [-0.25, -0.2) is 13.1 Å². The van der Waals surface area contributed by atoms with Gasteiger partial charge in [-0.05, 0) is 37.1 Å². The fraction of sp³-hybridized carbons (Fsp3) is 0.591. The molecule has 0 bridgehead atoms. The number of amides is 3. The number of carboxylic acid groups (broad SMARTS) is 2. The zero-order chi connectivity index (χ0) is 26.9. The van der Waals surface area contributed by atoms with Gasteiger partial charge in [0.05, 0.1) is 24.0 Å². The van der Waals surface area contributed by atoms with Gasteiger partial charge < -0.3 is 34.9 Å². The zero-order valence-electron chi connectivity index (χ0n) is 19.7. The highest BCUT2D eigenvalue weighted by Gasteiger charge is 2.41. The number of nitrogens with zero attached hydrogens (tertiary/aromatic N) is 2. The molecule has 15 heteroatoms. The number of carboxylic acids is 2. The average molecular weight is 555 g/mol. The van der Waals surface area contributed by atoms with E-state index in [-0.39, 0.29) is 42.0 Å². The number of rotatable bonds is 10. The van der Waals surface area contributed by atoms with Crippen LogP contribution in [0.4, 0.5) is 0 Å². The zero-order valence-corrected chi connectivity index (χ0v) is 21.3. The van der Waals surface area contributed by atoms with Crippen LogP contribution in [-0.4, -0.2) is 85.1 Å². The van der Waals surface area contributed by atoms with Crippen molar-refractivity contribution in [3.63, 3.8) is 0 Å². The van der Waals surface area contributed by atoms with Crippen LogP contribution in [0.15, 0.2) is 21.7 Å². The van der Waals surface area contributed by atoms with Gasteiger partial charge in [-0.1, -0.05) is 6.07 Å². The van der Waals surface area contributed by atoms with E-state index in [9.17, 15) is 42.6 Å². The van der Waals surface area contributed by atoms with Crippen LogP contribution < -0.4 is 20.3 Å². The van der Waals surface area contributed by atoms with Crippen molar-refractivity contribution in [1.29, 1.82) is 0 Å². The molecule has 3 heterocycles. The van der Waals surface area contributed by atoms with Crippen molar-refractivity contribution in [3.05, 3.63) is 17.5 Å². The van der Waals surface area contributed by atoms with Crippen molar-refractivity contribution in [2.24, 2.45) is 5.92 Å². The predicted octanol–water partition coefficient (Wildman–Crippen LogP) is -3.23. The van der Waals surface area contributed by atoms with E-state index < -0.39 is 70.8 Å². The lowest BCUT2D eigenvalue weighted by molar-refractivity contribution is -0.311. The van der Waals surface area contributed by atoms with E-state index in [1.54, 1.807) is 11.4 Å². The van der Waals surface area contributed by atoms with Crippen molar-refractivity contribution in [2.45, 2.75) is 66.9 Å². The second-order valence-electron chi connectivity index (χ2n) is 9.46. The minimum Gasteiger partial charge on any atom is -0.548 e. The second-order valence-corrected chi connectivity index (χ2v) is 12.4. The SMILES string of the molecule is O=C(N[C@H]1C[C@@H](C(=O)[O-])N(C(=O)CCC(=O)N2C[C@@H](NS(=O)(=O)c3cccs3)C[C@H]2C(=O)[O-])C1)C1CC1. The molecular weight excluding hydrogens is 528 g/mol. The second kappa shape index (κ2) is 10.8. The molecule has 3 aliphatic rings. The number of carbonyl (C=O) groups excluding carboxylic acids is 5. The van der Waals surface area contributed by atoms with E-state index in [0.29, 0.717) is 0 Å². The van der Waals surface area contributed by atoms with Crippen molar-refractivity contribution < 1.29 is 42.6 Å². The van der Waals surface area contributed by atoms with Crippen LogP contribution in [0.3, 0.4) is 0 Å². The molecule has 3 fully saturated rings. The van der Waals surface area contributed by atoms with E-state index in [4.69, 9.17) is 0 Å². The molecule has 202 valence electrons. The van der Waals surface area contributed by atoms with Gasteiger partial charge in [0.2, 0.25) is 27.7 Å². The Morgan fingerprint density at radius 1 is 0.919 bits per heavy atom. The van der Waals surface area contributed by atoms with Gasteiger partial charge in [0, 0.05) is 43.9 Å². The quantitative estimate of drug-likeness (QED) is 0.299. The molecule has 0 spiro atoms. The number of likely N-dealkylation sites (tertiary alicyclic amines) is 2. The third kappa shape index (κ3) is 6.27. The van der Waals surface area contributed by atoms with Crippen molar-refractivity contribution in [2.75, 3.05) is 13.1 Å². The molecule has 3 amide bonds. The van der Waals surface area contributed by atoms with E-state index >= 15 is 0 Å². The summed E-state index contributed by atoms with van der Waals surface area (Å²) in [6.07, 6.45) is 0.523. The number of aliphatic carboxylic acids is 2. The van der Waals surface area contributed by atoms with Crippen LogP contribution in [0.1, 0.15) is 38.5 Å². The van der Waals surface area contributed by atoms with Crippen molar-refractivity contribution in [1.82, 2.24) is 19.8 Å². The van der Waals surface area contributed by atoms with E-state index in [2.05, 4.69) is 10.0 Å². The molecule has 0 aromatic carbocycles. The normalized spacial score (nSPS) is 25.7. The fourth-order valence-corrected chi connectivity index (χ4v) is 6.97. The minimum absolute atomic E-state index is 0.00851. The van der Waals surface area contributed by atoms with Crippen molar-refractivity contribution in [3.8, 4) is 0 Å². The number of hydrogen-bond acceptors (Lipinski definition) is 10. The number of nitrogens with one attached hydrogen (secondary N) is 2. The number of thiophene rings is 1. The third-order valence-corrected chi connectivity index (χ3v) is 9.63. The third-order valence-electron chi connectivity index (χ3n) is 6.72. The Labute approximate surface area is 216 Å². The molecule has 1 saturated carbocycles. The molecule has 1 aromatic heterocycles. The Bertz CT molecular complexity index is 1180. The summed E-state index contributed by atoms with van der Waals surface area (Å²) in [4.78, 5) is 62.9. The van der Waals surface area contributed by atoms with Gasteiger partial charge in [-0.3, -0.25) is 14.4 Å². The summed E-state index contributed by atoms with van der Waals surface area (Å²) in [5.41, 5.74) is 0. The topological polar surface area (TPSA) is 196 Å². The van der Waals surface area contributed by atoms with Crippen LogP contribution in [-0.2, 0) is 34.0 Å². The molecule has 2 aliphatic heterocycles. The molecule has 1 aliphatic carbocycles. The van der Waals surface area contributed by atoms with E-state index in [1.165, 1.54) is 6.07 Å². The Kier molecular flexibility index (Phi) is 7.85. The van der Waals surface area contributed by atoms with Gasteiger partial charge in [-0.2, -0.15) is 0 Å². The maximum absolute atomic E-state index is 12.8. The highest BCUT2D eigenvalue weighted by Crippen LogP contribution is 2.30. The average Bonchev–Trinajstić information content (AvgIpc) is 3.22. The predicted molar refractivity (Wildman–Crippen MR) is 123 cm³/mol. The van der Waals surface area contributed by atoms with Gasteiger partial charge in [-0.15, -0.1) is 11.3 Å². The smallest absolute Gasteiger partial charge is 0.250 e. The molecule has 0 radical (unpaired) electrons. The summed E-state index contributed by atoms with van der Waals surface area (Å²) < 4.78 is 27.4. The summed E-state index contributed by atoms with van der Waals surface area (Å²) in [7, 11) is -3.90. The summed E-state index contributed by atoms with van der Waals surface area (Å²) in [6, 6.07) is -1.11. The number of sulfonamides is 1. The van der Waals surface area contributed by atoms with Crippen LogP contribution in [0.2, 0.25) is 0 Å². The monoisotopic (exact) mass is 554 g/mol. The highest BCUT2D eigenvalue weighted by molar-refractivity contribution is 7.91. The van der Waals surface area contributed by atoms with Gasteiger partial charge >= 0.3 is 0 Å². The summed E-state index contributed by atoms with van der Waals surface area (Å²) in [6.45, 7) is -0.265. The summed E-state index contributed by atoms with van der Waals surface area (Å²) >= 11 is 0.989. The van der Waals surface area contributed by atoms with Crippen LogP contribution in [0.5, 0.6) is 0 Å². The van der Waals surface area contributed by atoms with Crippen LogP contribution >= 0.6 is 11.3 Å². The lowest BCUT2D eigenvalue weighted by Gasteiger charge is -2.27. The summed E-state index contributed by atoms with van der Waals surface area (Å²) in [5.74, 6) is -4.64. The standard InChI is InChI=1S/C22H28N4O9S2/c27-17(25-10-13(8-15(25)21(30)31)23-20(29)12-3-4-12)5-6-18(28)26-11-14(9-16(26)22(32)33)24-37(34,35)19-2-1-7-36-19/h1-2,7,12-16,24H,3-6,8-11H2,(H,23,29)(H,30,31)(H,32,33)/p-2/t13-,14-,15-,16-/m0/s1. The first kappa shape index (κ1) is 27.0. The lowest BCUT2D eigenvalue weighted by atomic mass is 10.1. The Hall–Kier alpha value is -3.04. The Morgan fingerprint density at radius 3 is 1.95 bits per heavy atom. The van der Waals surface area contributed by atoms with Gasteiger partial charge in [0.15, 0.2) is 0 Å². The maximum Gasteiger partial charge on any atom is 0.250 e. The molecule has 2 saturated heterocycles. The highest BCUT2D eigenvalue weighted by atomic mass is 32.2. The first-order valence-electron chi connectivity index (χ1n) is 11.8. The van der Waals surface area contributed by atoms with E-state index in [1.807, 2.05) is 0 Å². The summed E-state index contributed by atoms with van der Waals surface area (Å²) in [5, 5.41) is 27.5. The van der Waals surface area contributed by atoms with E-state index in [0.717, 1.165) is 34.0 Å². The first-order chi connectivity index (χ1) is 17.5. The Morgan fingerprint density at radius 2 is 1.46 bits per heavy atom. The van der Waals surface area contributed by atoms with Gasteiger partial charge in [0.25, 0.3) is 0 Å². The number of carbonyl (C=O) groups is 5. The molecular formula is C22H26N4O9S2-2. The molecule has 37 heavy (non-hydrogen) atoms. The molecule has 2 N–H and O–H groups in total. The molecule has 4 atom stereocenters. The Balaban J connectivity index is 1.34.